The van der Waals surface area contributed by atoms with E-state index < -0.39 is 18.3 Å². The molecule has 0 unspecified atom stereocenters. The highest BCUT2D eigenvalue weighted by Crippen LogP contribution is 2.32. The Morgan fingerprint density at radius 3 is 2.59 bits per heavy atom. The average Bonchev–Trinajstić information content (AvgIpc) is 2.67. The summed E-state index contributed by atoms with van der Waals surface area (Å²) in [6, 6.07) is -0.243. The number of hydrogen-bond acceptors (Lipinski definition) is 4. The number of fused-ring (bicyclic) bond motifs is 1. The Kier molecular flexibility index (Phi) is 4.42. The molecule has 100 valence electrons. The van der Waals surface area contributed by atoms with Gasteiger partial charge in [0.25, 0.3) is 0 Å². The van der Waals surface area contributed by atoms with Crippen molar-refractivity contribution < 1.29 is 15.3 Å². The van der Waals surface area contributed by atoms with Crippen LogP contribution < -0.4 is 0 Å². The Labute approximate surface area is 103 Å². The second-order valence-electron chi connectivity index (χ2n) is 5.58. The van der Waals surface area contributed by atoms with E-state index in [1.165, 1.54) is 12.8 Å². The van der Waals surface area contributed by atoms with Crippen molar-refractivity contribution in [1.82, 2.24) is 4.90 Å². The van der Waals surface area contributed by atoms with Crippen molar-refractivity contribution in [1.29, 1.82) is 0 Å². The van der Waals surface area contributed by atoms with E-state index in [9.17, 15) is 15.3 Å². The molecule has 5 atom stereocenters. The fraction of sp³-hybridized carbons (Fsp3) is 1.00. The van der Waals surface area contributed by atoms with Gasteiger partial charge in [0.05, 0.1) is 24.4 Å². The Hall–Kier alpha value is -0.160. The molecule has 2 aliphatic rings. The molecule has 17 heavy (non-hydrogen) atoms. The molecular formula is C13H25NO3. The molecule has 2 heterocycles. The highest BCUT2D eigenvalue weighted by molar-refractivity contribution is 5.01. The number of hydrogen-bond donors (Lipinski definition) is 3. The molecule has 4 heteroatoms. The molecule has 3 N–H and O–H groups in total. The molecule has 0 amide bonds. The van der Waals surface area contributed by atoms with E-state index >= 15 is 0 Å². The molecule has 0 saturated carbocycles. The molecule has 0 aromatic heterocycles. The minimum absolute atomic E-state index is 0.165. The first-order valence-corrected chi connectivity index (χ1v) is 6.93. The lowest BCUT2D eigenvalue weighted by molar-refractivity contribution is -0.116. The van der Waals surface area contributed by atoms with Gasteiger partial charge in [-0.2, -0.15) is 0 Å². The first-order chi connectivity index (χ1) is 8.15. The van der Waals surface area contributed by atoms with E-state index in [1.54, 1.807) is 0 Å². The Morgan fingerprint density at radius 1 is 1.12 bits per heavy atom. The smallest absolute Gasteiger partial charge is 0.0982 e. The summed E-state index contributed by atoms with van der Waals surface area (Å²) in [6.45, 7) is 3.84. The Bertz CT molecular complexity index is 249. The van der Waals surface area contributed by atoms with E-state index in [2.05, 4.69) is 11.8 Å². The van der Waals surface area contributed by atoms with Crippen molar-refractivity contribution in [2.24, 2.45) is 5.92 Å². The zero-order valence-electron chi connectivity index (χ0n) is 10.6. The third-order valence-electron chi connectivity index (χ3n) is 4.36. The summed E-state index contributed by atoms with van der Waals surface area (Å²) in [5.74, 6) is 0.165. The number of aliphatic hydroxyl groups excluding tert-OH is 3. The summed E-state index contributed by atoms with van der Waals surface area (Å²) in [5.41, 5.74) is 0. The van der Waals surface area contributed by atoms with Gasteiger partial charge in [-0.1, -0.05) is 26.2 Å². The second-order valence-corrected chi connectivity index (χ2v) is 5.58. The molecule has 2 saturated heterocycles. The molecule has 0 aliphatic carbocycles. The van der Waals surface area contributed by atoms with Crippen molar-refractivity contribution >= 4 is 0 Å². The van der Waals surface area contributed by atoms with Crippen LogP contribution >= 0.6 is 0 Å². The summed E-state index contributed by atoms with van der Waals surface area (Å²) >= 11 is 0. The number of rotatable bonds is 4. The molecule has 4 nitrogen and oxygen atoms in total. The van der Waals surface area contributed by atoms with Crippen LogP contribution in [0.5, 0.6) is 0 Å². The van der Waals surface area contributed by atoms with E-state index in [-0.39, 0.29) is 12.0 Å². The summed E-state index contributed by atoms with van der Waals surface area (Å²) in [4.78, 5) is 2.15. The molecule has 0 spiro atoms. The largest absolute Gasteiger partial charge is 0.391 e. The summed E-state index contributed by atoms with van der Waals surface area (Å²) < 4.78 is 0. The summed E-state index contributed by atoms with van der Waals surface area (Å²) in [6.07, 6.45) is 3.25. The average molecular weight is 243 g/mol. The molecule has 0 radical (unpaired) electrons. The lowest BCUT2D eigenvalue weighted by Crippen LogP contribution is -2.59. The zero-order valence-corrected chi connectivity index (χ0v) is 10.6. The highest BCUT2D eigenvalue weighted by atomic mass is 16.3. The van der Waals surface area contributed by atoms with Crippen LogP contribution in [-0.4, -0.2) is 57.7 Å². The van der Waals surface area contributed by atoms with Gasteiger partial charge in [-0.25, -0.2) is 0 Å². The maximum Gasteiger partial charge on any atom is 0.0982 e. The van der Waals surface area contributed by atoms with Gasteiger partial charge in [0.1, 0.15) is 0 Å². The maximum atomic E-state index is 10.1. The monoisotopic (exact) mass is 243 g/mol. The minimum atomic E-state index is -0.784. The van der Waals surface area contributed by atoms with Crippen LogP contribution in [0.3, 0.4) is 0 Å². The molecular weight excluding hydrogens is 218 g/mol. The van der Waals surface area contributed by atoms with Gasteiger partial charge in [0.2, 0.25) is 0 Å². The number of piperidine rings is 1. The molecule has 0 aromatic carbocycles. The number of aliphatic hydroxyl groups is 3. The first-order valence-electron chi connectivity index (χ1n) is 6.93. The third-order valence-corrected chi connectivity index (χ3v) is 4.36. The van der Waals surface area contributed by atoms with E-state index in [1.807, 2.05) is 0 Å². The van der Waals surface area contributed by atoms with Crippen molar-refractivity contribution in [3.63, 3.8) is 0 Å². The van der Waals surface area contributed by atoms with Gasteiger partial charge in [0, 0.05) is 19.0 Å². The number of unbranched alkanes of at least 4 members (excludes halogenated alkanes) is 2. The molecule has 2 aliphatic heterocycles. The molecule has 2 fully saturated rings. The summed E-state index contributed by atoms with van der Waals surface area (Å²) in [7, 11) is 0. The molecule has 2 rings (SSSR count). The topological polar surface area (TPSA) is 63.9 Å². The van der Waals surface area contributed by atoms with Crippen molar-refractivity contribution in [2.75, 3.05) is 13.1 Å². The van der Waals surface area contributed by atoms with Crippen LogP contribution in [0.4, 0.5) is 0 Å². The van der Waals surface area contributed by atoms with Crippen LogP contribution in [0, 0.1) is 5.92 Å². The van der Waals surface area contributed by atoms with Gasteiger partial charge in [-0.05, 0) is 12.8 Å². The van der Waals surface area contributed by atoms with Crippen LogP contribution in [-0.2, 0) is 0 Å². The predicted octanol–water partition coefficient (Wildman–Crippen LogP) is 0.353. The van der Waals surface area contributed by atoms with Crippen molar-refractivity contribution in [3.05, 3.63) is 0 Å². The molecule has 0 bridgehead atoms. The van der Waals surface area contributed by atoms with Crippen LogP contribution in [0.25, 0.3) is 0 Å². The van der Waals surface area contributed by atoms with Gasteiger partial charge in [-0.3, -0.25) is 4.90 Å². The highest BCUT2D eigenvalue weighted by Gasteiger charge is 2.47. The second kappa shape index (κ2) is 5.65. The summed E-state index contributed by atoms with van der Waals surface area (Å²) in [5, 5.41) is 30.0. The maximum absolute atomic E-state index is 10.1. The van der Waals surface area contributed by atoms with E-state index in [0.29, 0.717) is 0 Å². The van der Waals surface area contributed by atoms with Gasteiger partial charge in [0.15, 0.2) is 0 Å². The van der Waals surface area contributed by atoms with E-state index in [4.69, 9.17) is 0 Å². The predicted molar refractivity (Wildman–Crippen MR) is 65.6 cm³/mol. The fourth-order valence-electron chi connectivity index (χ4n) is 3.33. The number of nitrogens with zero attached hydrogens (tertiary/aromatic N) is 1. The molecule has 0 aromatic rings. The fourth-order valence-corrected chi connectivity index (χ4v) is 3.33. The quantitative estimate of drug-likeness (QED) is 0.624. The van der Waals surface area contributed by atoms with Crippen LogP contribution in [0.1, 0.15) is 39.0 Å². The zero-order chi connectivity index (χ0) is 12.4. The van der Waals surface area contributed by atoms with E-state index in [0.717, 1.165) is 32.4 Å². The van der Waals surface area contributed by atoms with Crippen molar-refractivity contribution in [2.45, 2.75) is 63.4 Å². The van der Waals surface area contributed by atoms with Crippen molar-refractivity contribution in [3.8, 4) is 0 Å². The first kappa shape index (κ1) is 13.3. The lowest BCUT2D eigenvalue weighted by Gasteiger charge is -2.43. The minimum Gasteiger partial charge on any atom is -0.391 e. The standard InChI is InChI=1S/C13H25NO3/c1-2-3-4-5-9-8-14-7-6-10(15)11(14)13(17)12(9)16/h9-13,15-17H,2-8H2,1H3/t9-,10-,11+,12+,13+/m0/s1. The van der Waals surface area contributed by atoms with Gasteiger partial charge in [-0.15, -0.1) is 0 Å². The SMILES string of the molecule is CCCCC[C@H]1CN2CC[C@H](O)[C@@H]2[C@@H](O)[C@@H]1O. The Morgan fingerprint density at radius 2 is 1.88 bits per heavy atom. The van der Waals surface area contributed by atoms with Gasteiger partial charge >= 0.3 is 0 Å². The third kappa shape index (κ3) is 2.65. The Balaban J connectivity index is 1.93. The normalized spacial score (nSPS) is 42.7. The van der Waals surface area contributed by atoms with Crippen LogP contribution in [0.15, 0.2) is 0 Å². The lowest BCUT2D eigenvalue weighted by atomic mass is 9.84. The van der Waals surface area contributed by atoms with Crippen LogP contribution in [0.2, 0.25) is 0 Å². The van der Waals surface area contributed by atoms with Gasteiger partial charge < -0.3 is 15.3 Å².